The van der Waals surface area contributed by atoms with Gasteiger partial charge in [-0.2, -0.15) is 20.0 Å². The first kappa shape index (κ1) is 26.5. The van der Waals surface area contributed by atoms with Gasteiger partial charge in [-0.3, -0.25) is 9.80 Å². The highest BCUT2D eigenvalue weighted by molar-refractivity contribution is 6.36. The van der Waals surface area contributed by atoms with Crippen molar-refractivity contribution in [3.63, 3.8) is 0 Å². The van der Waals surface area contributed by atoms with Crippen LogP contribution in [0, 0.1) is 22.7 Å². The smallest absolute Gasteiger partial charge is 0.247 e. The molecule has 0 radical (unpaired) electrons. The average molecular weight is 564 g/mol. The molecule has 3 aliphatic rings. The Kier molecular flexibility index (Phi) is 7.31. The molecule has 1 aliphatic carbocycles. The van der Waals surface area contributed by atoms with E-state index in [1.807, 2.05) is 0 Å². The van der Waals surface area contributed by atoms with Crippen molar-refractivity contribution in [3.05, 3.63) is 34.6 Å². The molecule has 14 heteroatoms. The summed E-state index contributed by atoms with van der Waals surface area (Å²) in [7, 11) is 0. The number of likely N-dealkylation sites (tertiary alicyclic amines) is 1. The molecule has 6 rings (SSSR count). The van der Waals surface area contributed by atoms with Gasteiger partial charge in [-0.05, 0) is 25.0 Å². The SMILES string of the molecule is N#Cc1cc(Nc2nc(NC3CC3)c3ncc(C#N)n3n2)c(Cl)c(N2CCN(C3CN(CC(O)CO)C3)CC2)c1. The summed E-state index contributed by atoms with van der Waals surface area (Å²) in [6, 6.07) is 8.56. The van der Waals surface area contributed by atoms with E-state index in [-0.39, 0.29) is 18.2 Å². The fourth-order valence-electron chi connectivity index (χ4n) is 5.25. The minimum atomic E-state index is -0.697. The number of hydrogen-bond acceptors (Lipinski definition) is 12. The van der Waals surface area contributed by atoms with Crippen molar-refractivity contribution < 1.29 is 10.2 Å². The summed E-state index contributed by atoms with van der Waals surface area (Å²) in [6.45, 7) is 5.24. The molecule has 1 atom stereocenters. The molecule has 2 aliphatic heterocycles. The monoisotopic (exact) mass is 563 g/mol. The second-order valence-electron chi connectivity index (χ2n) is 10.5. The third-order valence-electron chi connectivity index (χ3n) is 7.61. The van der Waals surface area contributed by atoms with E-state index >= 15 is 0 Å². The summed E-state index contributed by atoms with van der Waals surface area (Å²) in [5.74, 6) is 0.768. The fourth-order valence-corrected chi connectivity index (χ4v) is 5.53. The minimum Gasteiger partial charge on any atom is -0.394 e. The maximum absolute atomic E-state index is 9.76. The lowest BCUT2D eigenvalue weighted by Crippen LogP contribution is -2.64. The molecule has 2 aromatic heterocycles. The van der Waals surface area contributed by atoms with Crippen LogP contribution in [0.2, 0.25) is 5.02 Å². The molecule has 0 amide bonds. The third-order valence-corrected chi connectivity index (χ3v) is 8.01. The quantitative estimate of drug-likeness (QED) is 0.292. The van der Waals surface area contributed by atoms with E-state index < -0.39 is 6.10 Å². The molecule has 1 aromatic carbocycles. The first-order valence-electron chi connectivity index (χ1n) is 13.4. The van der Waals surface area contributed by atoms with E-state index in [9.17, 15) is 15.6 Å². The highest BCUT2D eigenvalue weighted by Crippen LogP contribution is 2.37. The second-order valence-corrected chi connectivity index (χ2v) is 10.9. The molecular weight excluding hydrogens is 534 g/mol. The Morgan fingerprint density at radius 2 is 1.90 bits per heavy atom. The summed E-state index contributed by atoms with van der Waals surface area (Å²) in [6.07, 6.45) is 2.86. The van der Waals surface area contributed by atoms with Crippen molar-refractivity contribution in [2.24, 2.45) is 0 Å². The van der Waals surface area contributed by atoms with Crippen molar-refractivity contribution in [1.29, 1.82) is 10.5 Å². The molecule has 0 spiro atoms. The van der Waals surface area contributed by atoms with Crippen LogP contribution in [0.3, 0.4) is 0 Å². The van der Waals surface area contributed by atoms with Crippen LogP contribution in [0.4, 0.5) is 23.1 Å². The Morgan fingerprint density at radius 3 is 2.58 bits per heavy atom. The number of aliphatic hydroxyl groups is 2. The topological polar surface area (TPSA) is 165 Å². The number of piperazine rings is 1. The van der Waals surface area contributed by atoms with Gasteiger partial charge >= 0.3 is 0 Å². The normalized spacial score (nSPS) is 19.2. The molecule has 13 nitrogen and oxygen atoms in total. The largest absolute Gasteiger partial charge is 0.394 e. The van der Waals surface area contributed by atoms with Crippen LogP contribution in [-0.2, 0) is 0 Å². The first-order valence-corrected chi connectivity index (χ1v) is 13.8. The Balaban J connectivity index is 1.19. The highest BCUT2D eigenvalue weighted by Gasteiger charge is 2.34. The van der Waals surface area contributed by atoms with Crippen LogP contribution in [-0.4, -0.2) is 110 Å². The Labute approximate surface area is 236 Å². The number of aliphatic hydroxyl groups excluding tert-OH is 2. The number of nitriles is 2. The van der Waals surface area contributed by atoms with Gasteiger partial charge in [-0.1, -0.05) is 11.6 Å². The number of β-amino-alcohol motifs (C(OH)–C–C–N with tert-alkyl or cyclic N) is 1. The third kappa shape index (κ3) is 5.35. The number of imidazole rings is 1. The zero-order chi connectivity index (χ0) is 27.8. The van der Waals surface area contributed by atoms with Gasteiger partial charge in [0.2, 0.25) is 5.95 Å². The number of halogens is 1. The van der Waals surface area contributed by atoms with E-state index in [1.165, 1.54) is 10.7 Å². The summed E-state index contributed by atoms with van der Waals surface area (Å²) in [4.78, 5) is 15.7. The summed E-state index contributed by atoms with van der Waals surface area (Å²) >= 11 is 6.91. The number of rotatable bonds is 9. The zero-order valence-corrected chi connectivity index (χ0v) is 22.6. The van der Waals surface area contributed by atoms with Crippen molar-refractivity contribution >= 4 is 40.4 Å². The number of benzene rings is 1. The van der Waals surface area contributed by atoms with Crippen LogP contribution in [0.5, 0.6) is 0 Å². The Bertz CT molecular complexity index is 1480. The molecule has 4 N–H and O–H groups in total. The van der Waals surface area contributed by atoms with Crippen molar-refractivity contribution in [1.82, 2.24) is 29.4 Å². The van der Waals surface area contributed by atoms with Gasteiger partial charge in [0, 0.05) is 57.9 Å². The molecule has 40 heavy (non-hydrogen) atoms. The van der Waals surface area contributed by atoms with Gasteiger partial charge < -0.3 is 25.7 Å². The molecule has 1 saturated carbocycles. The van der Waals surface area contributed by atoms with E-state index in [2.05, 4.69) is 52.5 Å². The number of hydrogen-bond donors (Lipinski definition) is 4. The summed E-state index contributed by atoms with van der Waals surface area (Å²) < 4.78 is 1.45. The van der Waals surface area contributed by atoms with Crippen molar-refractivity contribution in [3.8, 4) is 12.1 Å². The standard InChI is InChI=1S/C26H30ClN11O2/c27-23-21(32-26-33-24(31-17-1-2-17)25-30-11-18(10-29)38(25)34-26)7-16(9-28)8-22(23)37-5-3-36(4-6-37)19-12-35(13-19)14-20(40)15-39/h7-8,11,17,19-20,39-40H,1-6,12-15H2,(H2,31,32,33,34). The van der Waals surface area contributed by atoms with E-state index in [0.29, 0.717) is 46.4 Å². The number of nitrogens with one attached hydrogen (secondary N) is 2. The second kappa shape index (κ2) is 11.0. The van der Waals surface area contributed by atoms with Gasteiger partial charge in [-0.25, -0.2) is 4.98 Å². The molecule has 208 valence electrons. The lowest BCUT2D eigenvalue weighted by atomic mass is 10.0. The number of fused-ring (bicyclic) bond motifs is 1. The fraction of sp³-hybridized carbons (Fsp3) is 0.500. The Morgan fingerprint density at radius 1 is 1.12 bits per heavy atom. The first-order chi connectivity index (χ1) is 19.4. The molecule has 3 fully saturated rings. The van der Waals surface area contributed by atoms with Crippen LogP contribution in [0.1, 0.15) is 24.1 Å². The molecule has 0 bridgehead atoms. The summed E-state index contributed by atoms with van der Waals surface area (Å²) in [5.41, 5.74) is 2.49. The predicted molar refractivity (Wildman–Crippen MR) is 149 cm³/mol. The van der Waals surface area contributed by atoms with Crippen molar-refractivity contribution in [2.75, 3.05) is 68.0 Å². The average Bonchev–Trinajstić information content (AvgIpc) is 3.67. The maximum Gasteiger partial charge on any atom is 0.247 e. The van der Waals surface area contributed by atoms with Crippen LogP contribution in [0.15, 0.2) is 18.3 Å². The van der Waals surface area contributed by atoms with Gasteiger partial charge in [-0.15, -0.1) is 5.10 Å². The predicted octanol–water partition coefficient (Wildman–Crippen LogP) is 0.998. The van der Waals surface area contributed by atoms with Crippen LogP contribution >= 0.6 is 11.6 Å². The Hall–Kier alpha value is -3.72. The summed E-state index contributed by atoms with van der Waals surface area (Å²) in [5, 5.41) is 49.5. The van der Waals surface area contributed by atoms with Crippen molar-refractivity contribution in [2.45, 2.75) is 31.0 Å². The molecular formula is C26H30ClN11O2. The van der Waals surface area contributed by atoms with Gasteiger partial charge in [0.05, 0.1) is 46.9 Å². The lowest BCUT2D eigenvalue weighted by Gasteiger charge is -2.49. The van der Waals surface area contributed by atoms with Crippen LogP contribution < -0.4 is 15.5 Å². The zero-order valence-electron chi connectivity index (χ0n) is 21.8. The van der Waals surface area contributed by atoms with Gasteiger partial charge in [0.1, 0.15) is 6.07 Å². The van der Waals surface area contributed by atoms with Gasteiger partial charge in [0.15, 0.2) is 17.2 Å². The van der Waals surface area contributed by atoms with E-state index in [4.69, 9.17) is 16.7 Å². The van der Waals surface area contributed by atoms with E-state index in [1.54, 1.807) is 12.1 Å². The maximum atomic E-state index is 9.76. The number of anilines is 4. The van der Waals surface area contributed by atoms with Gasteiger partial charge in [0.25, 0.3) is 0 Å². The lowest BCUT2D eigenvalue weighted by molar-refractivity contribution is -0.0117. The highest BCUT2D eigenvalue weighted by atomic mass is 35.5. The number of aromatic nitrogens is 4. The van der Waals surface area contributed by atoms with Crippen LogP contribution in [0.25, 0.3) is 5.65 Å². The molecule has 3 aromatic rings. The van der Waals surface area contributed by atoms with E-state index in [0.717, 1.165) is 57.8 Å². The molecule has 4 heterocycles. The molecule has 1 unspecified atom stereocenters. The molecule has 2 saturated heterocycles. The minimum absolute atomic E-state index is 0.219. The number of nitrogens with zero attached hydrogens (tertiary/aromatic N) is 9.